The summed E-state index contributed by atoms with van der Waals surface area (Å²) in [5.41, 5.74) is 5.11. The van der Waals surface area contributed by atoms with Gasteiger partial charge in [0.05, 0.1) is 16.8 Å². The van der Waals surface area contributed by atoms with Crippen LogP contribution in [0.15, 0.2) is 30.6 Å². The zero-order chi connectivity index (χ0) is 12.5. The van der Waals surface area contributed by atoms with Gasteiger partial charge < -0.3 is 0 Å². The first-order chi connectivity index (χ1) is 8.79. The van der Waals surface area contributed by atoms with Crippen molar-refractivity contribution in [2.75, 3.05) is 0 Å². The molecule has 0 radical (unpaired) electrons. The number of benzene rings is 1. The summed E-state index contributed by atoms with van der Waals surface area (Å²) < 4.78 is 0. The van der Waals surface area contributed by atoms with Gasteiger partial charge in [0.15, 0.2) is 5.65 Å². The fourth-order valence-corrected chi connectivity index (χ4v) is 2.12. The Balaban J connectivity index is 2.18. The summed E-state index contributed by atoms with van der Waals surface area (Å²) in [4.78, 5) is 8.40. The molecular formula is C14H14N4. The van der Waals surface area contributed by atoms with Crippen LogP contribution in [0.3, 0.4) is 0 Å². The minimum Gasteiger partial charge on any atom is -0.275 e. The first-order valence-electron chi connectivity index (χ1n) is 6.04. The summed E-state index contributed by atoms with van der Waals surface area (Å²) in [7, 11) is 0. The molecule has 0 atom stereocenters. The van der Waals surface area contributed by atoms with Crippen molar-refractivity contribution < 1.29 is 0 Å². The van der Waals surface area contributed by atoms with Crippen LogP contribution < -0.4 is 0 Å². The van der Waals surface area contributed by atoms with Crippen molar-refractivity contribution in [3.63, 3.8) is 0 Å². The molecule has 0 saturated carbocycles. The maximum absolute atomic E-state index is 4.23. The predicted molar refractivity (Wildman–Crippen MR) is 71.2 cm³/mol. The van der Waals surface area contributed by atoms with Gasteiger partial charge in [-0.3, -0.25) is 5.10 Å². The van der Waals surface area contributed by atoms with Gasteiger partial charge in [0.25, 0.3) is 0 Å². The van der Waals surface area contributed by atoms with Crippen LogP contribution in [-0.2, 0) is 6.42 Å². The SMILES string of the molecule is CCc1ccc(-c2[nH]nc3ncnc(C)c23)cc1. The van der Waals surface area contributed by atoms with Crippen LogP contribution in [-0.4, -0.2) is 20.2 Å². The summed E-state index contributed by atoms with van der Waals surface area (Å²) in [6.07, 6.45) is 2.59. The monoisotopic (exact) mass is 238 g/mol. The van der Waals surface area contributed by atoms with E-state index in [1.54, 1.807) is 6.33 Å². The number of hydrogen-bond donors (Lipinski definition) is 1. The van der Waals surface area contributed by atoms with Gasteiger partial charge in [-0.25, -0.2) is 9.97 Å². The number of aromatic amines is 1. The summed E-state index contributed by atoms with van der Waals surface area (Å²) >= 11 is 0. The fourth-order valence-electron chi connectivity index (χ4n) is 2.12. The van der Waals surface area contributed by atoms with Gasteiger partial charge in [-0.1, -0.05) is 31.2 Å². The third kappa shape index (κ3) is 1.66. The standard InChI is InChI=1S/C14H14N4/c1-3-10-4-6-11(7-5-10)13-12-9(2)15-8-16-14(12)18-17-13/h4-8H,3H2,1-2H3,(H,15,16,17,18). The van der Waals surface area contributed by atoms with Gasteiger partial charge >= 0.3 is 0 Å². The third-order valence-corrected chi connectivity index (χ3v) is 3.19. The highest BCUT2D eigenvalue weighted by Crippen LogP contribution is 2.26. The fraction of sp³-hybridized carbons (Fsp3) is 0.214. The van der Waals surface area contributed by atoms with E-state index < -0.39 is 0 Å². The highest BCUT2D eigenvalue weighted by Gasteiger charge is 2.11. The predicted octanol–water partition coefficient (Wildman–Crippen LogP) is 2.89. The normalized spacial score (nSPS) is 11.0. The Bertz CT molecular complexity index is 683. The maximum Gasteiger partial charge on any atom is 0.184 e. The van der Waals surface area contributed by atoms with Gasteiger partial charge in [-0.15, -0.1) is 0 Å². The first kappa shape index (κ1) is 10.9. The molecular weight excluding hydrogens is 224 g/mol. The molecule has 2 heterocycles. The van der Waals surface area contributed by atoms with Gasteiger partial charge in [-0.2, -0.15) is 5.10 Å². The average molecular weight is 238 g/mol. The molecule has 0 aliphatic heterocycles. The van der Waals surface area contributed by atoms with Crippen molar-refractivity contribution in [1.82, 2.24) is 20.2 Å². The van der Waals surface area contributed by atoms with Crippen molar-refractivity contribution in [2.45, 2.75) is 20.3 Å². The molecule has 4 nitrogen and oxygen atoms in total. The van der Waals surface area contributed by atoms with Crippen LogP contribution in [0.5, 0.6) is 0 Å². The lowest BCUT2D eigenvalue weighted by Crippen LogP contribution is -1.87. The Morgan fingerprint density at radius 2 is 1.89 bits per heavy atom. The summed E-state index contributed by atoms with van der Waals surface area (Å²) in [5, 5.41) is 8.28. The van der Waals surface area contributed by atoms with Crippen LogP contribution in [0.4, 0.5) is 0 Å². The molecule has 0 saturated heterocycles. The molecule has 3 rings (SSSR count). The lowest BCUT2D eigenvalue weighted by Gasteiger charge is -2.02. The second-order valence-electron chi connectivity index (χ2n) is 4.31. The molecule has 0 fully saturated rings. The van der Waals surface area contributed by atoms with Crippen molar-refractivity contribution in [2.24, 2.45) is 0 Å². The Kier molecular flexibility index (Phi) is 2.55. The van der Waals surface area contributed by atoms with E-state index in [1.807, 2.05) is 6.92 Å². The largest absolute Gasteiger partial charge is 0.275 e. The number of aryl methyl sites for hydroxylation is 2. The molecule has 1 aromatic carbocycles. The Morgan fingerprint density at radius 3 is 2.61 bits per heavy atom. The van der Waals surface area contributed by atoms with E-state index >= 15 is 0 Å². The molecule has 3 aromatic rings. The van der Waals surface area contributed by atoms with Crippen molar-refractivity contribution >= 4 is 11.0 Å². The number of nitrogens with zero attached hydrogens (tertiary/aromatic N) is 3. The number of H-pyrrole nitrogens is 1. The molecule has 0 unspecified atom stereocenters. The smallest absolute Gasteiger partial charge is 0.184 e. The van der Waals surface area contributed by atoms with Crippen molar-refractivity contribution in [3.05, 3.63) is 41.9 Å². The highest BCUT2D eigenvalue weighted by atomic mass is 15.2. The molecule has 90 valence electrons. The maximum atomic E-state index is 4.23. The van der Waals surface area contributed by atoms with Gasteiger partial charge in [0.1, 0.15) is 6.33 Å². The van der Waals surface area contributed by atoms with E-state index in [9.17, 15) is 0 Å². The van der Waals surface area contributed by atoms with E-state index in [0.29, 0.717) is 0 Å². The molecule has 2 aromatic heterocycles. The van der Waals surface area contributed by atoms with Crippen LogP contribution in [0.1, 0.15) is 18.2 Å². The quantitative estimate of drug-likeness (QED) is 0.746. The molecule has 0 aliphatic rings. The Hall–Kier alpha value is -2.23. The van der Waals surface area contributed by atoms with E-state index in [0.717, 1.165) is 34.4 Å². The second kappa shape index (κ2) is 4.22. The second-order valence-corrected chi connectivity index (χ2v) is 4.31. The first-order valence-corrected chi connectivity index (χ1v) is 6.04. The lowest BCUT2D eigenvalue weighted by molar-refractivity contribution is 1.08. The summed E-state index contributed by atoms with van der Waals surface area (Å²) in [5.74, 6) is 0. The molecule has 0 bridgehead atoms. The van der Waals surface area contributed by atoms with Crippen LogP contribution >= 0.6 is 0 Å². The topological polar surface area (TPSA) is 54.5 Å². The van der Waals surface area contributed by atoms with Crippen LogP contribution in [0.2, 0.25) is 0 Å². The highest BCUT2D eigenvalue weighted by molar-refractivity contribution is 5.92. The van der Waals surface area contributed by atoms with Crippen LogP contribution in [0.25, 0.3) is 22.3 Å². The van der Waals surface area contributed by atoms with Crippen molar-refractivity contribution in [1.29, 1.82) is 0 Å². The van der Waals surface area contributed by atoms with Crippen LogP contribution in [0, 0.1) is 6.92 Å². The molecule has 0 amide bonds. The molecule has 0 spiro atoms. The number of aromatic nitrogens is 4. The molecule has 0 aliphatic carbocycles. The minimum absolute atomic E-state index is 0.720. The van der Waals surface area contributed by atoms with E-state index in [4.69, 9.17) is 0 Å². The van der Waals surface area contributed by atoms with Crippen molar-refractivity contribution in [3.8, 4) is 11.3 Å². The minimum atomic E-state index is 0.720. The number of nitrogens with one attached hydrogen (secondary N) is 1. The number of rotatable bonds is 2. The summed E-state index contributed by atoms with van der Waals surface area (Å²) in [6, 6.07) is 8.50. The summed E-state index contributed by atoms with van der Waals surface area (Å²) in [6.45, 7) is 4.13. The Labute approximate surface area is 105 Å². The average Bonchev–Trinajstić information content (AvgIpc) is 2.84. The molecule has 1 N–H and O–H groups in total. The Morgan fingerprint density at radius 1 is 1.11 bits per heavy atom. The van der Waals surface area contributed by atoms with E-state index in [-0.39, 0.29) is 0 Å². The lowest BCUT2D eigenvalue weighted by atomic mass is 10.1. The number of hydrogen-bond acceptors (Lipinski definition) is 3. The molecule has 4 heteroatoms. The zero-order valence-electron chi connectivity index (χ0n) is 10.4. The third-order valence-electron chi connectivity index (χ3n) is 3.19. The number of fused-ring (bicyclic) bond motifs is 1. The molecule has 18 heavy (non-hydrogen) atoms. The van der Waals surface area contributed by atoms with Gasteiger partial charge in [-0.05, 0) is 18.9 Å². The zero-order valence-corrected chi connectivity index (χ0v) is 10.4. The van der Waals surface area contributed by atoms with E-state index in [2.05, 4.69) is 51.4 Å². The van der Waals surface area contributed by atoms with Gasteiger partial charge in [0, 0.05) is 5.56 Å². The van der Waals surface area contributed by atoms with E-state index in [1.165, 1.54) is 5.56 Å². The van der Waals surface area contributed by atoms with Gasteiger partial charge in [0.2, 0.25) is 0 Å².